The second kappa shape index (κ2) is 7.45. The predicted molar refractivity (Wildman–Crippen MR) is 81.2 cm³/mol. The summed E-state index contributed by atoms with van der Waals surface area (Å²) in [6.07, 6.45) is 2.65. The molecule has 0 bridgehead atoms. The first-order chi connectivity index (χ1) is 10.1. The fraction of sp³-hybridized carbons (Fsp3) is 0.467. The highest BCUT2D eigenvalue weighted by Gasteiger charge is 2.26. The molecule has 1 aliphatic rings. The average molecular weight is 356 g/mol. The average Bonchev–Trinajstić information content (AvgIpc) is 2.47. The van der Waals surface area contributed by atoms with E-state index in [0.717, 1.165) is 4.47 Å². The number of ether oxygens (including phenoxy) is 1. The predicted octanol–water partition coefficient (Wildman–Crippen LogP) is 2.59. The van der Waals surface area contributed by atoms with Crippen molar-refractivity contribution >= 4 is 27.8 Å². The fourth-order valence-electron chi connectivity index (χ4n) is 2.46. The number of carboxylic acids is 1. The fourth-order valence-corrected chi connectivity index (χ4v) is 2.86. The SMILES string of the molecule is O=C(COc1ccccc1Br)NC1CCC(C(=O)O)CC1. The maximum Gasteiger partial charge on any atom is 0.306 e. The van der Waals surface area contributed by atoms with E-state index in [2.05, 4.69) is 21.2 Å². The van der Waals surface area contributed by atoms with Gasteiger partial charge in [-0.25, -0.2) is 0 Å². The van der Waals surface area contributed by atoms with Crippen LogP contribution in [0.4, 0.5) is 0 Å². The number of aliphatic carboxylic acids is 1. The number of rotatable bonds is 5. The highest BCUT2D eigenvalue weighted by molar-refractivity contribution is 9.10. The van der Waals surface area contributed by atoms with Gasteiger partial charge in [0.15, 0.2) is 6.61 Å². The Hall–Kier alpha value is -1.56. The number of benzene rings is 1. The quantitative estimate of drug-likeness (QED) is 0.850. The molecule has 0 unspecified atom stereocenters. The van der Waals surface area contributed by atoms with Crippen molar-refractivity contribution in [3.8, 4) is 5.75 Å². The van der Waals surface area contributed by atoms with Crippen LogP contribution in [0.15, 0.2) is 28.7 Å². The van der Waals surface area contributed by atoms with Crippen molar-refractivity contribution < 1.29 is 19.4 Å². The molecule has 1 aromatic rings. The van der Waals surface area contributed by atoms with E-state index in [0.29, 0.717) is 31.4 Å². The Labute approximate surface area is 131 Å². The number of amides is 1. The smallest absolute Gasteiger partial charge is 0.306 e. The highest BCUT2D eigenvalue weighted by atomic mass is 79.9. The zero-order valence-electron chi connectivity index (χ0n) is 11.5. The molecule has 5 nitrogen and oxygen atoms in total. The molecule has 6 heteroatoms. The van der Waals surface area contributed by atoms with Gasteiger partial charge in [-0.2, -0.15) is 0 Å². The molecule has 2 N–H and O–H groups in total. The molecule has 1 saturated carbocycles. The molecular formula is C15H18BrNO4. The number of para-hydroxylation sites is 1. The standard InChI is InChI=1S/C15H18BrNO4/c16-12-3-1-2-4-13(12)21-9-14(18)17-11-7-5-10(6-8-11)15(19)20/h1-4,10-11H,5-9H2,(H,17,18)(H,19,20). The lowest BCUT2D eigenvalue weighted by Gasteiger charge is -2.26. The van der Waals surface area contributed by atoms with Crippen molar-refractivity contribution in [1.82, 2.24) is 5.32 Å². The number of carbonyl (C=O) groups is 2. The number of nitrogens with one attached hydrogen (secondary N) is 1. The second-order valence-corrected chi connectivity index (χ2v) is 6.03. The lowest BCUT2D eigenvalue weighted by molar-refractivity contribution is -0.142. The van der Waals surface area contributed by atoms with Crippen LogP contribution in [-0.2, 0) is 9.59 Å². The summed E-state index contributed by atoms with van der Waals surface area (Å²) < 4.78 is 6.25. The molecule has 1 amide bonds. The van der Waals surface area contributed by atoms with Gasteiger partial charge >= 0.3 is 5.97 Å². The van der Waals surface area contributed by atoms with Crippen LogP contribution >= 0.6 is 15.9 Å². The van der Waals surface area contributed by atoms with E-state index < -0.39 is 5.97 Å². The molecule has 0 aromatic heterocycles. The van der Waals surface area contributed by atoms with Crippen LogP contribution in [0.2, 0.25) is 0 Å². The molecule has 1 fully saturated rings. The Morgan fingerprint density at radius 3 is 2.52 bits per heavy atom. The second-order valence-electron chi connectivity index (χ2n) is 5.17. The van der Waals surface area contributed by atoms with E-state index in [4.69, 9.17) is 9.84 Å². The Balaban J connectivity index is 1.73. The summed E-state index contributed by atoms with van der Waals surface area (Å²) in [6.45, 7) is -0.0402. The van der Waals surface area contributed by atoms with Crippen molar-refractivity contribution in [2.45, 2.75) is 31.7 Å². The molecule has 114 valence electrons. The third-order valence-corrected chi connectivity index (χ3v) is 4.29. The van der Waals surface area contributed by atoms with Gasteiger partial charge in [0.2, 0.25) is 0 Å². The molecule has 1 aromatic carbocycles. The summed E-state index contributed by atoms with van der Waals surface area (Å²) >= 11 is 3.35. The zero-order valence-corrected chi connectivity index (χ0v) is 13.1. The third kappa shape index (κ3) is 4.74. The van der Waals surface area contributed by atoms with Gasteiger partial charge in [-0.3, -0.25) is 9.59 Å². The van der Waals surface area contributed by atoms with Crippen LogP contribution in [0.25, 0.3) is 0 Å². The molecule has 0 heterocycles. The summed E-state index contributed by atoms with van der Waals surface area (Å²) in [6, 6.07) is 7.40. The number of carbonyl (C=O) groups excluding carboxylic acids is 1. The number of hydrogen-bond donors (Lipinski definition) is 2. The van der Waals surface area contributed by atoms with Crippen molar-refractivity contribution in [2.75, 3.05) is 6.61 Å². The Morgan fingerprint density at radius 1 is 1.24 bits per heavy atom. The molecule has 1 aliphatic carbocycles. The van der Waals surface area contributed by atoms with Gasteiger partial charge in [-0.1, -0.05) is 12.1 Å². The molecular weight excluding hydrogens is 338 g/mol. The number of carboxylic acid groups (broad SMARTS) is 1. The molecule has 0 atom stereocenters. The maximum absolute atomic E-state index is 11.8. The lowest BCUT2D eigenvalue weighted by atomic mass is 9.86. The van der Waals surface area contributed by atoms with Crippen LogP contribution in [0, 0.1) is 5.92 Å². The van der Waals surface area contributed by atoms with Crippen molar-refractivity contribution in [2.24, 2.45) is 5.92 Å². The van der Waals surface area contributed by atoms with Crippen LogP contribution in [0.3, 0.4) is 0 Å². The highest BCUT2D eigenvalue weighted by Crippen LogP contribution is 2.25. The molecule has 0 aliphatic heterocycles. The third-order valence-electron chi connectivity index (χ3n) is 3.64. The monoisotopic (exact) mass is 355 g/mol. The molecule has 0 radical (unpaired) electrons. The first-order valence-electron chi connectivity index (χ1n) is 6.95. The van der Waals surface area contributed by atoms with Gasteiger partial charge in [-0.15, -0.1) is 0 Å². The summed E-state index contributed by atoms with van der Waals surface area (Å²) in [5.41, 5.74) is 0. The summed E-state index contributed by atoms with van der Waals surface area (Å²) in [7, 11) is 0. The first-order valence-corrected chi connectivity index (χ1v) is 7.75. The van der Waals surface area contributed by atoms with Crippen LogP contribution in [0.5, 0.6) is 5.75 Å². The normalized spacial score (nSPS) is 21.6. The van der Waals surface area contributed by atoms with Gasteiger partial charge in [0.05, 0.1) is 10.4 Å². The van der Waals surface area contributed by atoms with Crippen molar-refractivity contribution in [3.05, 3.63) is 28.7 Å². The zero-order chi connectivity index (χ0) is 15.2. The van der Waals surface area contributed by atoms with E-state index in [-0.39, 0.29) is 24.5 Å². The van der Waals surface area contributed by atoms with E-state index in [9.17, 15) is 9.59 Å². The van der Waals surface area contributed by atoms with Crippen LogP contribution < -0.4 is 10.1 Å². The first kappa shape index (κ1) is 15.8. The maximum atomic E-state index is 11.8. The number of halogens is 1. The summed E-state index contributed by atoms with van der Waals surface area (Å²) in [4.78, 5) is 22.7. The minimum absolute atomic E-state index is 0.0402. The summed E-state index contributed by atoms with van der Waals surface area (Å²) in [5.74, 6) is -0.557. The largest absolute Gasteiger partial charge is 0.483 e. The lowest BCUT2D eigenvalue weighted by Crippen LogP contribution is -2.40. The molecule has 0 saturated heterocycles. The van der Waals surface area contributed by atoms with Crippen LogP contribution in [0.1, 0.15) is 25.7 Å². The van der Waals surface area contributed by atoms with Gasteiger partial charge in [-0.05, 0) is 53.7 Å². The van der Waals surface area contributed by atoms with E-state index in [1.807, 2.05) is 18.2 Å². The van der Waals surface area contributed by atoms with E-state index >= 15 is 0 Å². The Bertz CT molecular complexity index is 512. The Kier molecular flexibility index (Phi) is 5.61. The molecule has 21 heavy (non-hydrogen) atoms. The van der Waals surface area contributed by atoms with Crippen molar-refractivity contribution in [3.63, 3.8) is 0 Å². The molecule has 2 rings (SSSR count). The van der Waals surface area contributed by atoms with Gasteiger partial charge in [0.1, 0.15) is 5.75 Å². The minimum Gasteiger partial charge on any atom is -0.483 e. The van der Waals surface area contributed by atoms with Crippen molar-refractivity contribution in [1.29, 1.82) is 0 Å². The minimum atomic E-state index is -0.739. The van der Waals surface area contributed by atoms with E-state index in [1.54, 1.807) is 6.07 Å². The topological polar surface area (TPSA) is 75.6 Å². The van der Waals surface area contributed by atoms with Gasteiger partial charge in [0, 0.05) is 6.04 Å². The van der Waals surface area contributed by atoms with Crippen LogP contribution in [-0.4, -0.2) is 29.6 Å². The number of hydrogen-bond acceptors (Lipinski definition) is 3. The van der Waals surface area contributed by atoms with E-state index in [1.165, 1.54) is 0 Å². The molecule has 0 spiro atoms. The van der Waals surface area contributed by atoms with Gasteiger partial charge < -0.3 is 15.2 Å². The Morgan fingerprint density at radius 2 is 1.90 bits per heavy atom. The summed E-state index contributed by atoms with van der Waals surface area (Å²) in [5, 5.41) is 11.8. The van der Waals surface area contributed by atoms with Gasteiger partial charge in [0.25, 0.3) is 5.91 Å².